The van der Waals surface area contributed by atoms with Crippen LogP contribution in [0.1, 0.15) is 35.3 Å². The van der Waals surface area contributed by atoms with Crippen LogP contribution in [0, 0.1) is 6.92 Å². The van der Waals surface area contributed by atoms with Crippen molar-refractivity contribution in [1.82, 2.24) is 0 Å². The SMILES string of the molecule is Cc1cccc(S(=O)(=O)C2C(=O)C=C3C=Cc4cc(C(=O)OC(C)C)ccc4N32)c1. The number of anilines is 1. The summed E-state index contributed by atoms with van der Waals surface area (Å²) in [5.41, 5.74) is 2.86. The van der Waals surface area contributed by atoms with Gasteiger partial charge in [0.1, 0.15) is 0 Å². The van der Waals surface area contributed by atoms with E-state index in [0.717, 1.165) is 5.56 Å². The van der Waals surface area contributed by atoms with E-state index in [1.807, 2.05) is 0 Å². The van der Waals surface area contributed by atoms with E-state index in [1.54, 1.807) is 69.3 Å². The van der Waals surface area contributed by atoms with E-state index in [-0.39, 0.29) is 11.0 Å². The zero-order chi connectivity index (χ0) is 21.6. The second-order valence-electron chi connectivity index (χ2n) is 7.62. The molecule has 0 N–H and O–H groups in total. The number of hydrogen-bond donors (Lipinski definition) is 0. The summed E-state index contributed by atoms with van der Waals surface area (Å²) >= 11 is 0. The Morgan fingerprint density at radius 2 is 1.87 bits per heavy atom. The van der Waals surface area contributed by atoms with Gasteiger partial charge in [-0.05, 0) is 68.3 Å². The fourth-order valence-corrected chi connectivity index (χ4v) is 5.41. The predicted molar refractivity (Wildman–Crippen MR) is 114 cm³/mol. The number of sulfone groups is 1. The Labute approximate surface area is 175 Å². The van der Waals surface area contributed by atoms with Crippen molar-refractivity contribution in [2.75, 3.05) is 4.90 Å². The van der Waals surface area contributed by atoms with Gasteiger partial charge in [-0.1, -0.05) is 18.2 Å². The number of ketones is 1. The van der Waals surface area contributed by atoms with Crippen LogP contribution in [0.3, 0.4) is 0 Å². The maximum absolute atomic E-state index is 13.4. The Morgan fingerprint density at radius 1 is 1.10 bits per heavy atom. The van der Waals surface area contributed by atoms with Crippen molar-refractivity contribution in [2.45, 2.75) is 37.1 Å². The van der Waals surface area contributed by atoms with Gasteiger partial charge in [-0.3, -0.25) is 4.79 Å². The first-order valence-electron chi connectivity index (χ1n) is 9.57. The summed E-state index contributed by atoms with van der Waals surface area (Å²) in [6.07, 6.45) is 4.54. The van der Waals surface area contributed by atoms with Crippen LogP contribution in [0.15, 0.2) is 65.2 Å². The van der Waals surface area contributed by atoms with Crippen molar-refractivity contribution in [2.24, 2.45) is 0 Å². The molecule has 4 rings (SSSR count). The van der Waals surface area contributed by atoms with Crippen molar-refractivity contribution in [1.29, 1.82) is 0 Å². The van der Waals surface area contributed by atoms with E-state index in [2.05, 4.69) is 0 Å². The molecular formula is C23H21NO5S. The molecule has 154 valence electrons. The van der Waals surface area contributed by atoms with E-state index in [0.29, 0.717) is 22.5 Å². The van der Waals surface area contributed by atoms with E-state index in [1.165, 1.54) is 17.0 Å². The highest BCUT2D eigenvalue weighted by Crippen LogP contribution is 2.39. The molecule has 2 aromatic carbocycles. The molecular weight excluding hydrogens is 402 g/mol. The van der Waals surface area contributed by atoms with Gasteiger partial charge in [-0.15, -0.1) is 0 Å². The molecule has 2 aliphatic heterocycles. The Bertz CT molecular complexity index is 1220. The summed E-state index contributed by atoms with van der Waals surface area (Å²) in [5, 5.41) is -1.38. The molecule has 7 heteroatoms. The third-order valence-electron chi connectivity index (χ3n) is 4.96. The lowest BCUT2D eigenvalue weighted by Gasteiger charge is -2.31. The standard InChI is InChI=1S/C23H21NO5S/c1-14(2)29-23(26)17-8-10-20-16(12-17)7-9-18-13-21(25)22(24(18)20)30(27,28)19-6-4-5-15(3)11-19/h4-14,22H,1-3H3. The van der Waals surface area contributed by atoms with Crippen LogP contribution >= 0.6 is 0 Å². The lowest BCUT2D eigenvalue weighted by Crippen LogP contribution is -2.42. The molecule has 1 atom stereocenters. The van der Waals surface area contributed by atoms with Crippen LogP contribution in [0.4, 0.5) is 5.69 Å². The maximum Gasteiger partial charge on any atom is 0.338 e. The molecule has 0 saturated carbocycles. The molecule has 0 spiro atoms. The zero-order valence-corrected chi connectivity index (χ0v) is 17.6. The summed E-state index contributed by atoms with van der Waals surface area (Å²) in [6.45, 7) is 5.34. The molecule has 0 aromatic heterocycles. The van der Waals surface area contributed by atoms with Gasteiger partial charge in [-0.25, -0.2) is 13.2 Å². The first kappa shape index (κ1) is 20.1. The number of esters is 1. The summed E-state index contributed by atoms with van der Waals surface area (Å²) in [7, 11) is -3.97. The van der Waals surface area contributed by atoms with Crippen LogP contribution < -0.4 is 4.90 Å². The molecule has 2 aromatic rings. The number of carbonyl (C=O) groups is 2. The monoisotopic (exact) mass is 423 g/mol. The number of nitrogens with zero attached hydrogens (tertiary/aromatic N) is 1. The molecule has 0 bridgehead atoms. The lowest BCUT2D eigenvalue weighted by molar-refractivity contribution is -0.113. The van der Waals surface area contributed by atoms with Crippen LogP contribution in [0.25, 0.3) is 6.08 Å². The summed E-state index contributed by atoms with van der Waals surface area (Å²) in [6, 6.07) is 11.4. The van der Waals surface area contributed by atoms with Crippen molar-refractivity contribution < 1.29 is 22.7 Å². The minimum atomic E-state index is -3.97. The smallest absolute Gasteiger partial charge is 0.338 e. The highest BCUT2D eigenvalue weighted by molar-refractivity contribution is 7.93. The molecule has 0 amide bonds. The van der Waals surface area contributed by atoms with Crippen molar-refractivity contribution in [3.63, 3.8) is 0 Å². The number of fused-ring (bicyclic) bond motifs is 3. The molecule has 6 nitrogen and oxygen atoms in total. The molecule has 0 aliphatic carbocycles. The molecule has 0 fully saturated rings. The van der Waals surface area contributed by atoms with E-state index >= 15 is 0 Å². The highest BCUT2D eigenvalue weighted by Gasteiger charge is 2.45. The average molecular weight is 423 g/mol. The van der Waals surface area contributed by atoms with E-state index < -0.39 is 27.0 Å². The number of aryl methyl sites for hydroxylation is 1. The Balaban J connectivity index is 1.77. The third-order valence-corrected chi connectivity index (χ3v) is 6.90. The predicted octanol–water partition coefficient (Wildman–Crippen LogP) is 3.66. The normalized spacial score (nSPS) is 17.6. The minimum absolute atomic E-state index is 0.101. The van der Waals surface area contributed by atoms with Crippen molar-refractivity contribution in [3.05, 3.63) is 77.0 Å². The summed E-state index contributed by atoms with van der Waals surface area (Å²) in [4.78, 5) is 26.6. The van der Waals surface area contributed by atoms with Gasteiger partial charge in [-0.2, -0.15) is 0 Å². The second kappa shape index (κ2) is 7.25. The second-order valence-corrected chi connectivity index (χ2v) is 9.62. The van der Waals surface area contributed by atoms with Crippen molar-refractivity contribution >= 4 is 33.4 Å². The van der Waals surface area contributed by atoms with Crippen LogP contribution in [-0.4, -0.2) is 31.6 Å². The first-order valence-corrected chi connectivity index (χ1v) is 11.1. The highest BCUT2D eigenvalue weighted by atomic mass is 32.2. The Kier molecular flexibility index (Phi) is 4.86. The van der Waals surface area contributed by atoms with Gasteiger partial charge < -0.3 is 9.64 Å². The average Bonchev–Trinajstić information content (AvgIpc) is 3.04. The quantitative estimate of drug-likeness (QED) is 0.698. The summed E-state index contributed by atoms with van der Waals surface area (Å²) in [5.74, 6) is -0.948. The van der Waals surface area contributed by atoms with Gasteiger partial charge in [0.05, 0.1) is 22.3 Å². The van der Waals surface area contributed by atoms with Crippen molar-refractivity contribution in [3.8, 4) is 0 Å². The number of allylic oxidation sites excluding steroid dienone is 1. The van der Waals surface area contributed by atoms with Crippen LogP contribution in [0.5, 0.6) is 0 Å². The minimum Gasteiger partial charge on any atom is -0.459 e. The maximum atomic E-state index is 13.4. The molecule has 0 saturated heterocycles. The molecule has 2 aliphatic rings. The molecule has 0 radical (unpaired) electrons. The Hall–Kier alpha value is -3.19. The molecule has 1 unspecified atom stereocenters. The number of benzene rings is 2. The fraction of sp³-hybridized carbons (Fsp3) is 0.217. The van der Waals surface area contributed by atoms with Gasteiger partial charge in [0, 0.05) is 11.8 Å². The van der Waals surface area contributed by atoms with Gasteiger partial charge in [0.25, 0.3) is 0 Å². The summed E-state index contributed by atoms with van der Waals surface area (Å²) < 4.78 is 32.0. The number of rotatable bonds is 4. The first-order chi connectivity index (χ1) is 14.2. The topological polar surface area (TPSA) is 80.8 Å². The third kappa shape index (κ3) is 3.35. The number of ether oxygens (including phenoxy) is 1. The Morgan fingerprint density at radius 3 is 2.57 bits per heavy atom. The van der Waals surface area contributed by atoms with E-state index in [4.69, 9.17) is 4.74 Å². The van der Waals surface area contributed by atoms with Crippen LogP contribution in [-0.2, 0) is 19.4 Å². The van der Waals surface area contributed by atoms with Gasteiger partial charge >= 0.3 is 5.97 Å². The zero-order valence-electron chi connectivity index (χ0n) is 16.8. The van der Waals surface area contributed by atoms with Gasteiger partial charge in [0.15, 0.2) is 5.78 Å². The fourth-order valence-electron chi connectivity index (χ4n) is 3.65. The van der Waals surface area contributed by atoms with Crippen LogP contribution in [0.2, 0.25) is 0 Å². The number of carbonyl (C=O) groups excluding carboxylic acids is 2. The number of hydrogen-bond acceptors (Lipinski definition) is 6. The molecule has 30 heavy (non-hydrogen) atoms. The van der Waals surface area contributed by atoms with Gasteiger partial charge in [0.2, 0.25) is 15.2 Å². The lowest BCUT2D eigenvalue weighted by atomic mass is 10.0. The molecule has 2 heterocycles. The van der Waals surface area contributed by atoms with E-state index in [9.17, 15) is 18.0 Å². The largest absolute Gasteiger partial charge is 0.459 e.